The summed E-state index contributed by atoms with van der Waals surface area (Å²) in [5, 5.41) is 0. The van der Waals surface area contributed by atoms with Crippen LogP contribution in [0.15, 0.2) is 11.6 Å². The van der Waals surface area contributed by atoms with Crippen LogP contribution < -0.4 is 0 Å². The molecule has 0 aliphatic heterocycles. The van der Waals surface area contributed by atoms with E-state index in [2.05, 4.69) is 33.8 Å². The Morgan fingerprint density at radius 2 is 2.00 bits per heavy atom. The molecule has 0 saturated carbocycles. The van der Waals surface area contributed by atoms with Gasteiger partial charge in [0.2, 0.25) is 0 Å². The van der Waals surface area contributed by atoms with E-state index in [4.69, 9.17) is 9.47 Å². The Labute approximate surface area is 88.3 Å². The van der Waals surface area contributed by atoms with Crippen molar-refractivity contribution in [2.45, 2.75) is 46.6 Å². The SMILES string of the molecule is CCCOC/C=C(\C)CCOC(C)C. The Balaban J connectivity index is 3.37. The van der Waals surface area contributed by atoms with Gasteiger partial charge < -0.3 is 9.47 Å². The van der Waals surface area contributed by atoms with Crippen LogP contribution >= 0.6 is 0 Å². The monoisotopic (exact) mass is 200 g/mol. The van der Waals surface area contributed by atoms with Crippen molar-refractivity contribution in [3.63, 3.8) is 0 Å². The molecular weight excluding hydrogens is 176 g/mol. The molecule has 0 atom stereocenters. The smallest absolute Gasteiger partial charge is 0.0649 e. The summed E-state index contributed by atoms with van der Waals surface area (Å²) in [5.41, 5.74) is 1.35. The van der Waals surface area contributed by atoms with Crippen molar-refractivity contribution in [3.05, 3.63) is 11.6 Å². The molecule has 0 aliphatic rings. The van der Waals surface area contributed by atoms with Crippen molar-refractivity contribution in [2.75, 3.05) is 19.8 Å². The topological polar surface area (TPSA) is 18.5 Å². The van der Waals surface area contributed by atoms with E-state index in [1.165, 1.54) is 5.57 Å². The molecule has 84 valence electrons. The predicted molar refractivity (Wildman–Crippen MR) is 60.6 cm³/mol. The molecule has 0 spiro atoms. The lowest BCUT2D eigenvalue weighted by Gasteiger charge is -2.07. The molecule has 0 aromatic carbocycles. The fourth-order valence-corrected chi connectivity index (χ4v) is 0.987. The fourth-order valence-electron chi connectivity index (χ4n) is 0.987. The first kappa shape index (κ1) is 13.7. The predicted octanol–water partition coefficient (Wildman–Crippen LogP) is 3.17. The lowest BCUT2D eigenvalue weighted by Crippen LogP contribution is -2.04. The third-order valence-electron chi connectivity index (χ3n) is 1.85. The first-order valence-corrected chi connectivity index (χ1v) is 5.51. The van der Waals surface area contributed by atoms with E-state index in [0.29, 0.717) is 6.10 Å². The van der Waals surface area contributed by atoms with E-state index in [0.717, 1.165) is 32.7 Å². The molecule has 14 heavy (non-hydrogen) atoms. The third-order valence-corrected chi connectivity index (χ3v) is 1.85. The molecule has 0 heterocycles. The minimum atomic E-state index is 0.333. The van der Waals surface area contributed by atoms with Gasteiger partial charge in [0, 0.05) is 6.61 Å². The minimum absolute atomic E-state index is 0.333. The largest absolute Gasteiger partial charge is 0.378 e. The van der Waals surface area contributed by atoms with Gasteiger partial charge in [-0.25, -0.2) is 0 Å². The fraction of sp³-hybridized carbons (Fsp3) is 0.833. The van der Waals surface area contributed by atoms with E-state index >= 15 is 0 Å². The third kappa shape index (κ3) is 9.75. The van der Waals surface area contributed by atoms with Crippen molar-refractivity contribution >= 4 is 0 Å². The Morgan fingerprint density at radius 1 is 1.29 bits per heavy atom. The van der Waals surface area contributed by atoms with E-state index in [1.807, 2.05) is 0 Å². The first-order valence-electron chi connectivity index (χ1n) is 5.51. The molecule has 0 aromatic heterocycles. The van der Waals surface area contributed by atoms with Crippen LogP contribution in [0.4, 0.5) is 0 Å². The zero-order chi connectivity index (χ0) is 10.8. The van der Waals surface area contributed by atoms with Gasteiger partial charge in [0.25, 0.3) is 0 Å². The number of hydrogen-bond donors (Lipinski definition) is 0. The average molecular weight is 200 g/mol. The summed E-state index contributed by atoms with van der Waals surface area (Å²) in [7, 11) is 0. The molecule has 0 fully saturated rings. The zero-order valence-electron chi connectivity index (χ0n) is 10.0. The van der Waals surface area contributed by atoms with E-state index < -0.39 is 0 Å². The second-order valence-electron chi connectivity index (χ2n) is 3.79. The highest BCUT2D eigenvalue weighted by Gasteiger charge is 1.94. The van der Waals surface area contributed by atoms with Gasteiger partial charge in [-0.2, -0.15) is 0 Å². The maximum absolute atomic E-state index is 5.46. The Hall–Kier alpha value is -0.340. The maximum atomic E-state index is 5.46. The summed E-state index contributed by atoms with van der Waals surface area (Å²) in [6, 6.07) is 0. The van der Waals surface area contributed by atoms with Crippen molar-refractivity contribution in [1.82, 2.24) is 0 Å². The van der Waals surface area contributed by atoms with Gasteiger partial charge in [-0.15, -0.1) is 0 Å². The molecule has 0 aromatic rings. The highest BCUT2D eigenvalue weighted by Crippen LogP contribution is 2.01. The minimum Gasteiger partial charge on any atom is -0.378 e. The van der Waals surface area contributed by atoms with Crippen molar-refractivity contribution < 1.29 is 9.47 Å². The summed E-state index contributed by atoms with van der Waals surface area (Å²) < 4.78 is 10.8. The molecule has 0 radical (unpaired) electrons. The van der Waals surface area contributed by atoms with Gasteiger partial charge >= 0.3 is 0 Å². The van der Waals surface area contributed by atoms with Crippen LogP contribution in [-0.4, -0.2) is 25.9 Å². The number of rotatable bonds is 8. The molecule has 0 saturated heterocycles. The van der Waals surface area contributed by atoms with Crippen LogP contribution in [0.25, 0.3) is 0 Å². The first-order chi connectivity index (χ1) is 6.66. The molecule has 0 amide bonds. The summed E-state index contributed by atoms with van der Waals surface area (Å²) in [4.78, 5) is 0. The van der Waals surface area contributed by atoms with Crippen LogP contribution in [0, 0.1) is 0 Å². The van der Waals surface area contributed by atoms with E-state index in [-0.39, 0.29) is 0 Å². The molecule has 2 nitrogen and oxygen atoms in total. The Bertz CT molecular complexity index is 150. The molecule has 0 aliphatic carbocycles. The van der Waals surface area contributed by atoms with E-state index in [1.54, 1.807) is 0 Å². The highest BCUT2D eigenvalue weighted by molar-refractivity contribution is 4.97. The lowest BCUT2D eigenvalue weighted by atomic mass is 10.2. The molecule has 0 rings (SSSR count). The Kier molecular flexibility index (Phi) is 9.00. The summed E-state index contributed by atoms with van der Waals surface area (Å²) >= 11 is 0. The van der Waals surface area contributed by atoms with Crippen LogP contribution in [0.2, 0.25) is 0 Å². The number of ether oxygens (including phenoxy) is 2. The van der Waals surface area contributed by atoms with Crippen LogP contribution in [0.5, 0.6) is 0 Å². The molecule has 0 unspecified atom stereocenters. The lowest BCUT2D eigenvalue weighted by molar-refractivity contribution is 0.0811. The van der Waals surface area contributed by atoms with Crippen LogP contribution in [-0.2, 0) is 9.47 Å². The standard InChI is InChI=1S/C12H24O2/c1-5-8-13-9-6-12(4)7-10-14-11(2)3/h6,11H,5,7-10H2,1-4H3/b12-6+. The normalized spacial score (nSPS) is 12.5. The molecule has 0 N–H and O–H groups in total. The van der Waals surface area contributed by atoms with E-state index in [9.17, 15) is 0 Å². The van der Waals surface area contributed by atoms with Gasteiger partial charge in [-0.05, 0) is 33.6 Å². The van der Waals surface area contributed by atoms with Gasteiger partial charge in [0.1, 0.15) is 0 Å². The zero-order valence-corrected chi connectivity index (χ0v) is 10.0. The van der Waals surface area contributed by atoms with Crippen molar-refractivity contribution in [3.8, 4) is 0 Å². The molecule has 2 heteroatoms. The van der Waals surface area contributed by atoms with Crippen LogP contribution in [0.3, 0.4) is 0 Å². The van der Waals surface area contributed by atoms with Crippen molar-refractivity contribution in [1.29, 1.82) is 0 Å². The van der Waals surface area contributed by atoms with Gasteiger partial charge in [-0.1, -0.05) is 18.6 Å². The molecular formula is C12H24O2. The summed E-state index contributed by atoms with van der Waals surface area (Å²) in [5.74, 6) is 0. The van der Waals surface area contributed by atoms with Gasteiger partial charge in [-0.3, -0.25) is 0 Å². The quantitative estimate of drug-likeness (QED) is 0.442. The highest BCUT2D eigenvalue weighted by atomic mass is 16.5. The summed E-state index contributed by atoms with van der Waals surface area (Å²) in [6.45, 7) is 10.8. The second-order valence-corrected chi connectivity index (χ2v) is 3.79. The van der Waals surface area contributed by atoms with Crippen LogP contribution in [0.1, 0.15) is 40.5 Å². The average Bonchev–Trinajstić information content (AvgIpc) is 2.12. The second kappa shape index (κ2) is 9.22. The number of hydrogen-bond acceptors (Lipinski definition) is 2. The maximum Gasteiger partial charge on any atom is 0.0649 e. The van der Waals surface area contributed by atoms with Crippen molar-refractivity contribution in [2.24, 2.45) is 0 Å². The molecule has 0 bridgehead atoms. The summed E-state index contributed by atoms with van der Waals surface area (Å²) in [6.07, 6.45) is 4.57. The van der Waals surface area contributed by atoms with Gasteiger partial charge in [0.15, 0.2) is 0 Å². The van der Waals surface area contributed by atoms with Gasteiger partial charge in [0.05, 0.1) is 19.3 Å². The Morgan fingerprint density at radius 3 is 2.57 bits per heavy atom.